The molecule has 1 heterocycles. The molecule has 1 aliphatic rings. The molecule has 28 heavy (non-hydrogen) atoms. The zero-order chi connectivity index (χ0) is 18.9. The lowest BCUT2D eigenvalue weighted by molar-refractivity contribution is -0.120. The van der Waals surface area contributed by atoms with Crippen molar-refractivity contribution in [2.75, 3.05) is 25.4 Å². The lowest BCUT2D eigenvalue weighted by Gasteiger charge is -2.09. The number of hydrogen-bond donors (Lipinski definition) is 2. The highest BCUT2D eigenvalue weighted by Crippen LogP contribution is 2.16. The molecule has 1 atom stereocenters. The molecule has 152 valence electrons. The van der Waals surface area contributed by atoms with E-state index in [0.717, 1.165) is 49.0 Å². The molecule has 1 aliphatic heterocycles. The molecule has 3 rings (SSSR count). The summed E-state index contributed by atoms with van der Waals surface area (Å²) in [4.78, 5) is 12.1. The van der Waals surface area contributed by atoms with E-state index in [1.165, 1.54) is 23.1 Å². The van der Waals surface area contributed by atoms with E-state index in [2.05, 4.69) is 66.1 Å². The molecule has 0 aliphatic carbocycles. The number of nitrogens with one attached hydrogen (secondary N) is 2. The molecule has 0 saturated carbocycles. The van der Waals surface area contributed by atoms with Gasteiger partial charge < -0.3 is 10.6 Å². The molecule has 0 bridgehead atoms. The zero-order valence-electron chi connectivity index (χ0n) is 16.6. The Morgan fingerprint density at radius 3 is 2.61 bits per heavy atom. The molecule has 2 N–H and O–H groups in total. The van der Waals surface area contributed by atoms with Crippen molar-refractivity contribution in [2.45, 2.75) is 31.9 Å². The highest BCUT2D eigenvalue weighted by Gasteiger charge is 2.14. The topological polar surface area (TPSA) is 41.1 Å². The van der Waals surface area contributed by atoms with Gasteiger partial charge in [-0.25, -0.2) is 0 Å². The number of carbonyl (C=O) groups excluding carboxylic acids is 1. The van der Waals surface area contributed by atoms with Crippen LogP contribution < -0.4 is 10.6 Å². The van der Waals surface area contributed by atoms with Gasteiger partial charge in [-0.1, -0.05) is 48.5 Å². The third kappa shape index (κ3) is 7.50. The number of carbonyl (C=O) groups is 1. The van der Waals surface area contributed by atoms with Gasteiger partial charge in [0.25, 0.3) is 0 Å². The Morgan fingerprint density at radius 1 is 1.14 bits per heavy atom. The van der Waals surface area contributed by atoms with E-state index >= 15 is 0 Å². The monoisotopic (exact) mass is 418 g/mol. The summed E-state index contributed by atoms with van der Waals surface area (Å²) in [6.07, 6.45) is 2.87. The average Bonchev–Trinajstić information content (AvgIpc) is 3.17. The van der Waals surface area contributed by atoms with E-state index in [0.29, 0.717) is 6.42 Å². The highest BCUT2D eigenvalue weighted by molar-refractivity contribution is 7.98. The third-order valence-corrected chi connectivity index (χ3v) is 6.17. The van der Waals surface area contributed by atoms with E-state index in [1.54, 1.807) is 0 Å². The fourth-order valence-corrected chi connectivity index (χ4v) is 4.41. The van der Waals surface area contributed by atoms with Crippen LogP contribution in [-0.4, -0.2) is 31.3 Å². The molecule has 1 saturated heterocycles. The van der Waals surface area contributed by atoms with E-state index in [-0.39, 0.29) is 18.3 Å². The van der Waals surface area contributed by atoms with E-state index in [4.69, 9.17) is 0 Å². The Balaban J connectivity index is 0.00000280. The SMILES string of the molecule is Cc1ccccc1CSCCNC(=O)Cc1ccc(CC2CCNC2)cc1.Cl. The largest absolute Gasteiger partial charge is 0.355 e. The maximum atomic E-state index is 12.1. The minimum atomic E-state index is 0. The summed E-state index contributed by atoms with van der Waals surface area (Å²) in [6.45, 7) is 5.15. The number of hydrogen-bond acceptors (Lipinski definition) is 3. The van der Waals surface area contributed by atoms with Crippen LogP contribution in [-0.2, 0) is 23.4 Å². The van der Waals surface area contributed by atoms with Crippen LogP contribution >= 0.6 is 24.2 Å². The van der Waals surface area contributed by atoms with Gasteiger partial charge in [0, 0.05) is 18.1 Å². The quantitative estimate of drug-likeness (QED) is 0.601. The predicted molar refractivity (Wildman–Crippen MR) is 122 cm³/mol. The van der Waals surface area contributed by atoms with Crippen LogP contribution in [0.5, 0.6) is 0 Å². The standard InChI is InChI=1S/C23H30N2OS.ClH/c1-18-4-2-3-5-22(18)17-27-13-12-25-23(26)15-20-8-6-19(7-9-20)14-21-10-11-24-16-21;/h2-9,21,24H,10-17H2,1H3,(H,25,26);1H. The molecule has 0 radical (unpaired) electrons. The summed E-state index contributed by atoms with van der Waals surface area (Å²) in [5, 5.41) is 6.45. The molecule has 0 spiro atoms. The van der Waals surface area contributed by atoms with Crippen LogP contribution in [0.4, 0.5) is 0 Å². The molecular formula is C23H31ClN2OS. The molecule has 1 fully saturated rings. The summed E-state index contributed by atoms with van der Waals surface area (Å²) in [6, 6.07) is 17.0. The van der Waals surface area contributed by atoms with Crippen LogP contribution in [0, 0.1) is 12.8 Å². The second-order valence-corrected chi connectivity index (χ2v) is 8.49. The molecule has 5 heteroatoms. The maximum absolute atomic E-state index is 12.1. The van der Waals surface area contributed by atoms with Gasteiger partial charge in [0.1, 0.15) is 0 Å². The molecule has 3 nitrogen and oxygen atoms in total. The molecule has 2 aromatic rings. The normalized spacial score (nSPS) is 15.8. The van der Waals surface area contributed by atoms with Crippen molar-refractivity contribution in [3.05, 3.63) is 70.8 Å². The summed E-state index contributed by atoms with van der Waals surface area (Å²) >= 11 is 1.87. The van der Waals surface area contributed by atoms with Gasteiger partial charge in [0.2, 0.25) is 5.91 Å². The minimum Gasteiger partial charge on any atom is -0.355 e. The molecule has 1 unspecified atom stereocenters. The smallest absolute Gasteiger partial charge is 0.224 e. The lowest BCUT2D eigenvalue weighted by Crippen LogP contribution is -2.27. The van der Waals surface area contributed by atoms with Crippen LogP contribution in [0.1, 0.15) is 28.7 Å². The van der Waals surface area contributed by atoms with Crippen molar-refractivity contribution in [1.29, 1.82) is 0 Å². The van der Waals surface area contributed by atoms with Crippen LogP contribution in [0.15, 0.2) is 48.5 Å². The predicted octanol–water partition coefficient (Wildman–Crippen LogP) is 4.16. The second-order valence-electron chi connectivity index (χ2n) is 7.39. The first-order valence-corrected chi connectivity index (χ1v) is 11.0. The Morgan fingerprint density at radius 2 is 1.89 bits per heavy atom. The summed E-state index contributed by atoms with van der Waals surface area (Å²) in [5.74, 6) is 2.81. The van der Waals surface area contributed by atoms with Gasteiger partial charge in [-0.15, -0.1) is 12.4 Å². The Bertz CT molecular complexity index is 730. The van der Waals surface area contributed by atoms with Crippen LogP contribution in [0.2, 0.25) is 0 Å². The van der Waals surface area contributed by atoms with Crippen molar-refractivity contribution in [1.82, 2.24) is 10.6 Å². The van der Waals surface area contributed by atoms with Crippen molar-refractivity contribution >= 4 is 30.1 Å². The number of amides is 1. The van der Waals surface area contributed by atoms with Crippen molar-refractivity contribution in [3.63, 3.8) is 0 Å². The van der Waals surface area contributed by atoms with Gasteiger partial charge >= 0.3 is 0 Å². The molecular weight excluding hydrogens is 388 g/mol. The van der Waals surface area contributed by atoms with Gasteiger partial charge in [0.05, 0.1) is 6.42 Å². The fourth-order valence-electron chi connectivity index (χ4n) is 3.48. The maximum Gasteiger partial charge on any atom is 0.224 e. The van der Waals surface area contributed by atoms with Gasteiger partial charge in [-0.2, -0.15) is 11.8 Å². The Labute approximate surface area is 179 Å². The average molecular weight is 419 g/mol. The summed E-state index contributed by atoms with van der Waals surface area (Å²) in [7, 11) is 0. The molecule has 2 aromatic carbocycles. The minimum absolute atomic E-state index is 0. The van der Waals surface area contributed by atoms with Crippen LogP contribution in [0.25, 0.3) is 0 Å². The van der Waals surface area contributed by atoms with Gasteiger partial charge in [0.15, 0.2) is 0 Å². The van der Waals surface area contributed by atoms with E-state index < -0.39 is 0 Å². The molecule has 0 aromatic heterocycles. The van der Waals surface area contributed by atoms with E-state index in [9.17, 15) is 4.79 Å². The van der Waals surface area contributed by atoms with E-state index in [1.807, 2.05) is 11.8 Å². The lowest BCUT2D eigenvalue weighted by atomic mass is 9.97. The second kappa shape index (κ2) is 12.2. The summed E-state index contributed by atoms with van der Waals surface area (Å²) < 4.78 is 0. The number of benzene rings is 2. The Kier molecular flexibility index (Phi) is 9.89. The highest BCUT2D eigenvalue weighted by atomic mass is 35.5. The fraction of sp³-hybridized carbons (Fsp3) is 0.435. The number of thioether (sulfide) groups is 1. The summed E-state index contributed by atoms with van der Waals surface area (Å²) in [5.41, 5.74) is 5.18. The number of aryl methyl sites for hydroxylation is 1. The zero-order valence-corrected chi connectivity index (χ0v) is 18.2. The van der Waals surface area contributed by atoms with Crippen LogP contribution in [0.3, 0.4) is 0 Å². The van der Waals surface area contributed by atoms with Crippen molar-refractivity contribution < 1.29 is 4.79 Å². The first-order valence-electron chi connectivity index (χ1n) is 9.88. The van der Waals surface area contributed by atoms with Crippen molar-refractivity contribution in [3.8, 4) is 0 Å². The van der Waals surface area contributed by atoms with Crippen molar-refractivity contribution in [2.24, 2.45) is 5.92 Å². The number of halogens is 1. The third-order valence-electron chi connectivity index (χ3n) is 5.16. The first kappa shape index (κ1) is 22.8. The first-order chi connectivity index (χ1) is 13.2. The van der Waals surface area contributed by atoms with Gasteiger partial charge in [-0.05, 0) is 61.0 Å². The number of rotatable bonds is 9. The molecule has 1 amide bonds. The van der Waals surface area contributed by atoms with Gasteiger partial charge in [-0.3, -0.25) is 4.79 Å². The Hall–Kier alpha value is -1.49.